The van der Waals surface area contributed by atoms with E-state index in [0.717, 1.165) is 28.2 Å². The lowest BCUT2D eigenvalue weighted by Gasteiger charge is -2.19. The topological polar surface area (TPSA) is 45.2 Å². The van der Waals surface area contributed by atoms with Gasteiger partial charge in [0.15, 0.2) is 0 Å². The van der Waals surface area contributed by atoms with Gasteiger partial charge in [0.05, 0.1) is 11.9 Å². The maximum Gasteiger partial charge on any atom is 0.274 e. The normalized spacial score (nSPS) is 10.4. The second-order valence-corrected chi connectivity index (χ2v) is 6.02. The number of pyridine rings is 1. The summed E-state index contributed by atoms with van der Waals surface area (Å²) in [5.41, 5.74) is 5.31. The largest absolute Gasteiger partial charge is 0.343 e. The number of aryl methyl sites for hydroxylation is 2. The molecule has 4 nitrogen and oxygen atoms in total. The summed E-state index contributed by atoms with van der Waals surface area (Å²) >= 11 is 0. The third-order valence-corrected chi connectivity index (χ3v) is 4.23. The monoisotopic (exact) mass is 331 g/mol. The molecule has 0 atom stereocenters. The quantitative estimate of drug-likeness (QED) is 0.752. The van der Waals surface area contributed by atoms with E-state index in [0.29, 0.717) is 5.69 Å². The van der Waals surface area contributed by atoms with Crippen LogP contribution in [0.4, 0.5) is 17.1 Å². The lowest BCUT2D eigenvalue weighted by atomic mass is 10.1. The molecule has 0 saturated heterocycles. The fourth-order valence-electron chi connectivity index (χ4n) is 2.71. The molecule has 0 aliphatic heterocycles. The number of carbonyl (C=O) groups excluding carboxylic acids is 1. The summed E-state index contributed by atoms with van der Waals surface area (Å²) in [5, 5.41) is 2.96. The molecular weight excluding hydrogens is 310 g/mol. The maximum atomic E-state index is 12.5. The minimum atomic E-state index is -0.202. The molecule has 0 unspecified atom stereocenters. The molecule has 3 aromatic rings. The number of nitrogens with one attached hydrogen (secondary N) is 1. The summed E-state index contributed by atoms with van der Waals surface area (Å²) in [6.45, 7) is 3.96. The first-order chi connectivity index (χ1) is 12.1. The number of amides is 1. The van der Waals surface area contributed by atoms with Crippen LogP contribution < -0.4 is 10.2 Å². The van der Waals surface area contributed by atoms with Gasteiger partial charge >= 0.3 is 0 Å². The zero-order chi connectivity index (χ0) is 17.8. The molecule has 1 aromatic heterocycles. The molecule has 2 aromatic carbocycles. The Morgan fingerprint density at radius 3 is 2.16 bits per heavy atom. The van der Waals surface area contributed by atoms with E-state index in [1.54, 1.807) is 12.3 Å². The first kappa shape index (κ1) is 16.7. The number of aromatic nitrogens is 1. The molecular formula is C21H21N3O. The predicted octanol–water partition coefficient (Wildman–Crippen LogP) is 4.72. The van der Waals surface area contributed by atoms with Crippen molar-refractivity contribution < 1.29 is 4.79 Å². The summed E-state index contributed by atoms with van der Waals surface area (Å²) in [7, 11) is 1.97. The fraction of sp³-hybridized carbons (Fsp3) is 0.143. The molecule has 1 N–H and O–H groups in total. The molecule has 0 aliphatic rings. The molecule has 0 saturated carbocycles. The number of carbonyl (C=O) groups is 1. The fourth-order valence-corrected chi connectivity index (χ4v) is 2.71. The van der Waals surface area contributed by atoms with Gasteiger partial charge in [-0.15, -0.1) is 0 Å². The highest BCUT2D eigenvalue weighted by atomic mass is 16.1. The number of rotatable bonds is 4. The van der Waals surface area contributed by atoms with E-state index in [4.69, 9.17) is 0 Å². The lowest BCUT2D eigenvalue weighted by Crippen LogP contribution is -2.16. The number of nitrogens with zero attached hydrogens (tertiary/aromatic N) is 2. The number of hydrogen-bond acceptors (Lipinski definition) is 3. The highest BCUT2D eigenvalue weighted by Gasteiger charge is 2.12. The number of benzene rings is 2. The molecule has 1 heterocycles. The van der Waals surface area contributed by atoms with Gasteiger partial charge in [-0.25, -0.2) is 4.98 Å². The third kappa shape index (κ3) is 3.69. The predicted molar refractivity (Wildman–Crippen MR) is 103 cm³/mol. The van der Waals surface area contributed by atoms with Gasteiger partial charge in [0.25, 0.3) is 5.91 Å². The van der Waals surface area contributed by atoms with Crippen molar-refractivity contribution in [1.29, 1.82) is 0 Å². The number of hydrogen-bond donors (Lipinski definition) is 1. The van der Waals surface area contributed by atoms with Gasteiger partial charge in [-0.3, -0.25) is 4.79 Å². The molecule has 0 fully saturated rings. The van der Waals surface area contributed by atoms with Gasteiger partial charge in [-0.1, -0.05) is 36.4 Å². The van der Waals surface area contributed by atoms with Crippen LogP contribution in [0.2, 0.25) is 0 Å². The van der Waals surface area contributed by atoms with E-state index in [1.807, 2.05) is 80.4 Å². The van der Waals surface area contributed by atoms with Crippen molar-refractivity contribution in [1.82, 2.24) is 4.98 Å². The average Bonchev–Trinajstić information content (AvgIpc) is 2.65. The van der Waals surface area contributed by atoms with E-state index < -0.39 is 0 Å². The van der Waals surface area contributed by atoms with Crippen LogP contribution in [-0.4, -0.2) is 17.9 Å². The van der Waals surface area contributed by atoms with Gasteiger partial charge < -0.3 is 10.2 Å². The molecule has 0 radical (unpaired) electrons. The van der Waals surface area contributed by atoms with E-state index in [-0.39, 0.29) is 5.91 Å². The molecule has 126 valence electrons. The van der Waals surface area contributed by atoms with Crippen LogP contribution in [0.5, 0.6) is 0 Å². The van der Waals surface area contributed by atoms with Crippen molar-refractivity contribution >= 4 is 23.0 Å². The van der Waals surface area contributed by atoms with E-state index in [9.17, 15) is 4.79 Å². The van der Waals surface area contributed by atoms with Crippen molar-refractivity contribution in [2.75, 3.05) is 17.3 Å². The van der Waals surface area contributed by atoms with Crippen LogP contribution >= 0.6 is 0 Å². The Labute approximate surface area is 148 Å². The Kier molecular flexibility index (Phi) is 4.80. The zero-order valence-corrected chi connectivity index (χ0v) is 14.7. The van der Waals surface area contributed by atoms with E-state index in [2.05, 4.69) is 10.3 Å². The maximum absolute atomic E-state index is 12.5. The number of para-hydroxylation sites is 2. The second-order valence-electron chi connectivity index (χ2n) is 6.02. The van der Waals surface area contributed by atoms with Crippen LogP contribution in [-0.2, 0) is 0 Å². The molecule has 0 bridgehead atoms. The number of anilines is 3. The van der Waals surface area contributed by atoms with Crippen LogP contribution in [0.15, 0.2) is 66.9 Å². The summed E-state index contributed by atoms with van der Waals surface area (Å²) in [6.07, 6.45) is 1.71. The Bertz CT molecular complexity index is 853. The van der Waals surface area contributed by atoms with Gasteiger partial charge in [-0.2, -0.15) is 0 Å². The van der Waals surface area contributed by atoms with Gasteiger partial charge in [-0.05, 0) is 49.2 Å². The first-order valence-corrected chi connectivity index (χ1v) is 8.18. The molecule has 4 heteroatoms. The van der Waals surface area contributed by atoms with Crippen molar-refractivity contribution in [3.63, 3.8) is 0 Å². The van der Waals surface area contributed by atoms with Crippen LogP contribution in [0.3, 0.4) is 0 Å². The van der Waals surface area contributed by atoms with Gasteiger partial charge in [0.1, 0.15) is 5.69 Å². The highest BCUT2D eigenvalue weighted by Crippen LogP contribution is 2.23. The Morgan fingerprint density at radius 2 is 1.56 bits per heavy atom. The van der Waals surface area contributed by atoms with Crippen molar-refractivity contribution in [2.45, 2.75) is 13.8 Å². The Morgan fingerprint density at radius 1 is 0.880 bits per heavy atom. The Balaban J connectivity index is 1.77. The zero-order valence-electron chi connectivity index (χ0n) is 14.7. The SMILES string of the molecule is Cc1cccc(C)c1NC(=O)c1ccc(N(C)c2ccccc2)cn1. The van der Waals surface area contributed by atoms with E-state index >= 15 is 0 Å². The van der Waals surface area contributed by atoms with Crippen molar-refractivity contribution in [3.05, 3.63) is 83.7 Å². The molecule has 1 amide bonds. The molecule has 0 aliphatic carbocycles. The van der Waals surface area contributed by atoms with Crippen molar-refractivity contribution in [2.24, 2.45) is 0 Å². The summed E-state index contributed by atoms with van der Waals surface area (Å²) < 4.78 is 0. The summed E-state index contributed by atoms with van der Waals surface area (Å²) in [5.74, 6) is -0.202. The van der Waals surface area contributed by atoms with Crippen LogP contribution in [0.1, 0.15) is 21.6 Å². The van der Waals surface area contributed by atoms with Gasteiger partial charge in [0, 0.05) is 18.4 Å². The summed E-state index contributed by atoms with van der Waals surface area (Å²) in [4.78, 5) is 18.8. The molecule has 3 rings (SSSR count). The van der Waals surface area contributed by atoms with Crippen molar-refractivity contribution in [3.8, 4) is 0 Å². The third-order valence-electron chi connectivity index (χ3n) is 4.23. The second kappa shape index (κ2) is 7.18. The molecule has 0 spiro atoms. The highest BCUT2D eigenvalue weighted by molar-refractivity contribution is 6.03. The van der Waals surface area contributed by atoms with E-state index in [1.165, 1.54) is 0 Å². The first-order valence-electron chi connectivity index (χ1n) is 8.18. The van der Waals surface area contributed by atoms with Gasteiger partial charge in [0.2, 0.25) is 0 Å². The minimum Gasteiger partial charge on any atom is -0.343 e. The minimum absolute atomic E-state index is 0.202. The molecule has 25 heavy (non-hydrogen) atoms. The Hall–Kier alpha value is -3.14. The van der Waals surface area contributed by atoms with Crippen LogP contribution in [0, 0.1) is 13.8 Å². The summed E-state index contributed by atoms with van der Waals surface area (Å²) in [6, 6.07) is 19.6. The van der Waals surface area contributed by atoms with Crippen LogP contribution in [0.25, 0.3) is 0 Å². The average molecular weight is 331 g/mol. The smallest absolute Gasteiger partial charge is 0.274 e. The lowest BCUT2D eigenvalue weighted by molar-refractivity contribution is 0.102. The standard InChI is InChI=1S/C21H21N3O/c1-15-8-7-9-16(2)20(15)23-21(25)19-13-12-18(14-22-19)24(3)17-10-5-4-6-11-17/h4-14H,1-3H3,(H,23,25).